The van der Waals surface area contributed by atoms with E-state index >= 15 is 0 Å². The number of hydrogen-bond donors (Lipinski definition) is 0. The highest BCUT2D eigenvalue weighted by molar-refractivity contribution is 5.80. The molecule has 2 aliphatic rings. The number of rotatable bonds is 1. The summed E-state index contributed by atoms with van der Waals surface area (Å²) in [5.41, 5.74) is 0. The summed E-state index contributed by atoms with van der Waals surface area (Å²) in [7, 11) is 4.40. The summed E-state index contributed by atoms with van der Waals surface area (Å²) >= 11 is 0. The molecule has 5 nitrogen and oxygen atoms in total. The van der Waals surface area contributed by atoms with Gasteiger partial charge in [-0.05, 0) is 27.9 Å². The molecule has 0 radical (unpaired) electrons. The molecular weight excluding hydrogens is 238 g/mol. The van der Waals surface area contributed by atoms with Crippen LogP contribution >= 0.6 is 0 Å². The van der Waals surface area contributed by atoms with Gasteiger partial charge in [0.25, 0.3) is 0 Å². The summed E-state index contributed by atoms with van der Waals surface area (Å²) in [5.74, 6) is 1.23. The number of likely N-dealkylation sites (N-methyl/N-ethyl adjacent to an activating group) is 2. The van der Waals surface area contributed by atoms with Crippen molar-refractivity contribution in [3.8, 4) is 0 Å². The Balaban J connectivity index is 2.03. The van der Waals surface area contributed by atoms with Gasteiger partial charge in [-0.25, -0.2) is 0 Å². The maximum Gasteiger partial charge on any atom is 0.197 e. The monoisotopic (exact) mass is 267 g/mol. The first-order chi connectivity index (χ1) is 9.06. The molecule has 2 saturated heterocycles. The summed E-state index contributed by atoms with van der Waals surface area (Å²) in [6, 6.07) is 0.370. The van der Waals surface area contributed by atoms with Crippen molar-refractivity contribution in [2.75, 3.05) is 66.5 Å². The lowest BCUT2D eigenvalue weighted by atomic mass is 10.3. The Morgan fingerprint density at radius 1 is 0.737 bits per heavy atom. The highest BCUT2D eigenvalue weighted by Crippen LogP contribution is 2.09. The predicted molar refractivity (Wildman–Crippen MR) is 80.7 cm³/mol. The highest BCUT2D eigenvalue weighted by atomic mass is 15.4. The van der Waals surface area contributed by atoms with Gasteiger partial charge in [-0.1, -0.05) is 0 Å². The molecule has 0 aromatic carbocycles. The highest BCUT2D eigenvalue weighted by Gasteiger charge is 2.24. The van der Waals surface area contributed by atoms with Gasteiger partial charge < -0.3 is 19.6 Å². The van der Waals surface area contributed by atoms with Crippen LogP contribution in [0.25, 0.3) is 0 Å². The number of nitrogens with zero attached hydrogens (tertiary/aromatic N) is 5. The Labute approximate surface area is 117 Å². The zero-order valence-electron chi connectivity index (χ0n) is 13.0. The summed E-state index contributed by atoms with van der Waals surface area (Å²) in [4.78, 5) is 14.7. The largest absolute Gasteiger partial charge is 0.340 e. The molecule has 19 heavy (non-hydrogen) atoms. The molecule has 0 aliphatic carbocycles. The van der Waals surface area contributed by atoms with Crippen LogP contribution in [-0.2, 0) is 0 Å². The maximum atomic E-state index is 4.91. The second-order valence-electron chi connectivity index (χ2n) is 6.10. The standard InChI is InChI=1S/C14H29N5/c1-13(2)15-14(18-9-5-16(3)6-10-18)19-11-7-17(4)8-12-19/h13H,5-12H2,1-4H3. The van der Waals surface area contributed by atoms with Gasteiger partial charge in [-0.3, -0.25) is 4.99 Å². The van der Waals surface area contributed by atoms with Crippen LogP contribution in [0, 0.1) is 0 Å². The lowest BCUT2D eigenvalue weighted by molar-refractivity contribution is 0.166. The fourth-order valence-corrected chi connectivity index (χ4v) is 2.61. The van der Waals surface area contributed by atoms with E-state index in [2.05, 4.69) is 47.5 Å². The van der Waals surface area contributed by atoms with Gasteiger partial charge in [-0.15, -0.1) is 0 Å². The van der Waals surface area contributed by atoms with Crippen LogP contribution in [0.5, 0.6) is 0 Å². The molecule has 2 heterocycles. The summed E-state index contributed by atoms with van der Waals surface area (Å²) in [6.07, 6.45) is 0. The van der Waals surface area contributed by atoms with Crippen molar-refractivity contribution in [1.82, 2.24) is 19.6 Å². The van der Waals surface area contributed by atoms with E-state index in [1.807, 2.05) is 0 Å². The lowest BCUT2D eigenvalue weighted by Gasteiger charge is -2.42. The van der Waals surface area contributed by atoms with Crippen LogP contribution in [0.4, 0.5) is 0 Å². The van der Waals surface area contributed by atoms with E-state index in [1.54, 1.807) is 0 Å². The van der Waals surface area contributed by atoms with Crippen molar-refractivity contribution in [1.29, 1.82) is 0 Å². The van der Waals surface area contributed by atoms with Gasteiger partial charge in [0.2, 0.25) is 0 Å². The molecule has 0 N–H and O–H groups in total. The van der Waals surface area contributed by atoms with Gasteiger partial charge in [0.15, 0.2) is 5.96 Å². The van der Waals surface area contributed by atoms with Crippen molar-refractivity contribution < 1.29 is 0 Å². The molecule has 0 unspecified atom stereocenters. The third-order valence-electron chi connectivity index (χ3n) is 3.95. The van der Waals surface area contributed by atoms with E-state index in [0.717, 1.165) is 52.4 Å². The number of aliphatic imine (C=N–C) groups is 1. The fourth-order valence-electron chi connectivity index (χ4n) is 2.61. The van der Waals surface area contributed by atoms with E-state index in [9.17, 15) is 0 Å². The molecule has 0 amide bonds. The molecule has 2 fully saturated rings. The fraction of sp³-hybridized carbons (Fsp3) is 0.929. The first-order valence-corrected chi connectivity index (χ1v) is 7.51. The number of guanidine groups is 1. The van der Waals surface area contributed by atoms with Crippen molar-refractivity contribution in [3.05, 3.63) is 0 Å². The lowest BCUT2D eigenvalue weighted by Crippen LogP contribution is -2.56. The Kier molecular flexibility index (Phi) is 5.05. The van der Waals surface area contributed by atoms with Gasteiger partial charge in [0.05, 0.1) is 0 Å². The van der Waals surface area contributed by atoms with Gasteiger partial charge in [0.1, 0.15) is 0 Å². The first-order valence-electron chi connectivity index (χ1n) is 7.51. The molecule has 0 spiro atoms. The Morgan fingerprint density at radius 3 is 1.42 bits per heavy atom. The minimum absolute atomic E-state index is 0.370. The van der Waals surface area contributed by atoms with E-state index < -0.39 is 0 Å². The van der Waals surface area contributed by atoms with Crippen LogP contribution < -0.4 is 0 Å². The minimum atomic E-state index is 0.370. The van der Waals surface area contributed by atoms with Crippen LogP contribution in [0.2, 0.25) is 0 Å². The Morgan fingerprint density at radius 2 is 1.11 bits per heavy atom. The predicted octanol–water partition coefficient (Wildman–Crippen LogP) is 0.246. The third kappa shape index (κ3) is 4.08. The average Bonchev–Trinajstić information content (AvgIpc) is 2.38. The average molecular weight is 267 g/mol. The van der Waals surface area contributed by atoms with E-state index in [-0.39, 0.29) is 0 Å². The van der Waals surface area contributed by atoms with E-state index in [0.29, 0.717) is 6.04 Å². The molecule has 0 atom stereocenters. The second kappa shape index (κ2) is 6.57. The normalized spacial score (nSPS) is 23.0. The molecule has 0 saturated carbocycles. The third-order valence-corrected chi connectivity index (χ3v) is 3.95. The van der Waals surface area contributed by atoms with E-state index in [4.69, 9.17) is 4.99 Å². The second-order valence-corrected chi connectivity index (χ2v) is 6.10. The first kappa shape index (κ1) is 14.6. The van der Waals surface area contributed by atoms with Crippen LogP contribution in [0.3, 0.4) is 0 Å². The zero-order chi connectivity index (χ0) is 13.8. The Bertz CT molecular complexity index is 275. The van der Waals surface area contributed by atoms with Gasteiger partial charge in [-0.2, -0.15) is 0 Å². The van der Waals surface area contributed by atoms with Crippen LogP contribution in [-0.4, -0.2) is 98.1 Å². The van der Waals surface area contributed by atoms with Crippen molar-refractivity contribution in [2.45, 2.75) is 19.9 Å². The van der Waals surface area contributed by atoms with Crippen molar-refractivity contribution in [3.63, 3.8) is 0 Å². The molecule has 0 aromatic heterocycles. The molecule has 5 heteroatoms. The quantitative estimate of drug-likeness (QED) is 0.502. The number of hydrogen-bond acceptors (Lipinski definition) is 3. The van der Waals surface area contributed by atoms with E-state index in [1.165, 1.54) is 5.96 Å². The topological polar surface area (TPSA) is 25.3 Å². The van der Waals surface area contributed by atoms with Crippen molar-refractivity contribution >= 4 is 5.96 Å². The molecule has 2 aliphatic heterocycles. The van der Waals surface area contributed by atoms with Crippen LogP contribution in [0.1, 0.15) is 13.8 Å². The maximum absolute atomic E-state index is 4.91. The van der Waals surface area contributed by atoms with Gasteiger partial charge >= 0.3 is 0 Å². The zero-order valence-corrected chi connectivity index (χ0v) is 13.0. The summed E-state index contributed by atoms with van der Waals surface area (Å²) < 4.78 is 0. The molecule has 2 rings (SSSR count). The number of piperazine rings is 2. The SMILES string of the molecule is CC(C)N=C(N1CCN(C)CC1)N1CCN(C)CC1. The molecule has 0 bridgehead atoms. The molecular formula is C14H29N5. The van der Waals surface area contributed by atoms with Gasteiger partial charge in [0, 0.05) is 58.4 Å². The minimum Gasteiger partial charge on any atom is -0.340 e. The molecule has 0 aromatic rings. The summed E-state index contributed by atoms with van der Waals surface area (Å²) in [5, 5.41) is 0. The van der Waals surface area contributed by atoms with Crippen LogP contribution in [0.15, 0.2) is 4.99 Å². The molecule has 110 valence electrons. The summed E-state index contributed by atoms with van der Waals surface area (Å²) in [6.45, 7) is 13.3. The smallest absolute Gasteiger partial charge is 0.197 e. The Hall–Kier alpha value is -0.810. The van der Waals surface area contributed by atoms with Crippen molar-refractivity contribution in [2.24, 2.45) is 4.99 Å².